The van der Waals surface area contributed by atoms with Crippen LogP contribution in [0.1, 0.15) is 32.9 Å². The normalized spacial score (nSPS) is 10.7. The number of benzene rings is 2. The minimum absolute atomic E-state index is 0.188. The molecule has 2 aromatic carbocycles. The molecule has 0 aliphatic carbocycles. The predicted octanol–water partition coefficient (Wildman–Crippen LogP) is 4.28. The third-order valence-corrected chi connectivity index (χ3v) is 4.23. The minimum atomic E-state index is -0.308. The van der Waals surface area contributed by atoms with Crippen LogP contribution < -0.4 is 4.74 Å². The molecule has 0 radical (unpaired) electrons. The third-order valence-electron chi connectivity index (χ3n) is 4.23. The molecule has 0 fully saturated rings. The second-order valence-corrected chi connectivity index (χ2v) is 6.48. The number of nitrogens with zero attached hydrogens (tertiary/aromatic N) is 2. The van der Waals surface area contributed by atoms with Crippen molar-refractivity contribution >= 4 is 5.91 Å². The lowest BCUT2D eigenvalue weighted by Crippen LogP contribution is -2.26. The molecule has 27 heavy (non-hydrogen) atoms. The molecule has 0 atom stereocenters. The Morgan fingerprint density at radius 3 is 2.48 bits per heavy atom. The van der Waals surface area contributed by atoms with Crippen LogP contribution in [-0.2, 0) is 13.2 Å². The summed E-state index contributed by atoms with van der Waals surface area (Å²) in [5, 5.41) is 3.84. The summed E-state index contributed by atoms with van der Waals surface area (Å²) in [6.07, 6.45) is 0. The maximum atomic E-state index is 13.0. The van der Waals surface area contributed by atoms with E-state index >= 15 is 0 Å². The number of rotatable bonds is 6. The van der Waals surface area contributed by atoms with Crippen LogP contribution in [0.15, 0.2) is 53.1 Å². The van der Waals surface area contributed by atoms with E-state index in [0.29, 0.717) is 12.3 Å². The average molecular weight is 368 g/mol. The summed E-state index contributed by atoms with van der Waals surface area (Å²) in [4.78, 5) is 14.0. The highest BCUT2D eigenvalue weighted by molar-refractivity contribution is 5.92. The number of hydrogen-bond donors (Lipinski definition) is 0. The number of halogens is 1. The van der Waals surface area contributed by atoms with E-state index in [4.69, 9.17) is 9.26 Å². The molecule has 0 aliphatic rings. The summed E-state index contributed by atoms with van der Waals surface area (Å²) in [6.45, 7) is 4.48. The average Bonchev–Trinajstić information content (AvgIpc) is 3.11. The van der Waals surface area contributed by atoms with Gasteiger partial charge in [-0.05, 0) is 42.7 Å². The first kappa shape index (κ1) is 18.6. The quantitative estimate of drug-likeness (QED) is 0.652. The smallest absolute Gasteiger partial charge is 0.276 e. The lowest BCUT2D eigenvalue weighted by atomic mass is 10.1. The van der Waals surface area contributed by atoms with Crippen molar-refractivity contribution in [3.63, 3.8) is 0 Å². The van der Waals surface area contributed by atoms with E-state index in [1.165, 1.54) is 17.0 Å². The third kappa shape index (κ3) is 4.53. The van der Waals surface area contributed by atoms with Gasteiger partial charge in [-0.25, -0.2) is 4.39 Å². The van der Waals surface area contributed by atoms with E-state index in [-0.39, 0.29) is 24.0 Å². The molecule has 0 aliphatic heterocycles. The van der Waals surface area contributed by atoms with Crippen LogP contribution in [0.4, 0.5) is 4.39 Å². The van der Waals surface area contributed by atoms with Crippen molar-refractivity contribution in [1.82, 2.24) is 10.1 Å². The van der Waals surface area contributed by atoms with Crippen molar-refractivity contribution in [1.29, 1.82) is 0 Å². The van der Waals surface area contributed by atoms with Gasteiger partial charge in [0.25, 0.3) is 5.91 Å². The number of aryl methyl sites for hydroxylation is 2. The standard InChI is InChI=1S/C21H21FN2O3/c1-14-5-4-6-15(2)20(14)26-13-18-11-19(23-27-18)21(25)24(3)12-16-7-9-17(22)10-8-16/h4-11H,12-13H2,1-3H3. The maximum absolute atomic E-state index is 13.0. The number of carbonyl (C=O) groups is 1. The molecule has 1 amide bonds. The first-order valence-electron chi connectivity index (χ1n) is 8.58. The second kappa shape index (κ2) is 8.03. The van der Waals surface area contributed by atoms with Gasteiger partial charge >= 0.3 is 0 Å². The van der Waals surface area contributed by atoms with Crippen LogP contribution in [0.2, 0.25) is 0 Å². The van der Waals surface area contributed by atoms with Gasteiger partial charge in [0.2, 0.25) is 0 Å². The van der Waals surface area contributed by atoms with Gasteiger partial charge in [-0.1, -0.05) is 35.5 Å². The van der Waals surface area contributed by atoms with Crippen molar-refractivity contribution in [3.05, 3.63) is 82.5 Å². The fourth-order valence-electron chi connectivity index (χ4n) is 2.78. The fraction of sp³-hybridized carbons (Fsp3) is 0.238. The summed E-state index contributed by atoms with van der Waals surface area (Å²) in [5.74, 6) is 0.686. The first-order valence-corrected chi connectivity index (χ1v) is 8.58. The van der Waals surface area contributed by atoms with Gasteiger partial charge in [-0.15, -0.1) is 0 Å². The van der Waals surface area contributed by atoms with E-state index in [0.717, 1.165) is 22.4 Å². The number of ether oxygens (including phenoxy) is 1. The Hall–Kier alpha value is -3.15. The zero-order valence-corrected chi connectivity index (χ0v) is 15.5. The van der Waals surface area contributed by atoms with Crippen molar-refractivity contribution in [2.24, 2.45) is 0 Å². The molecule has 140 valence electrons. The number of aromatic nitrogens is 1. The fourth-order valence-corrected chi connectivity index (χ4v) is 2.78. The summed E-state index contributed by atoms with van der Waals surface area (Å²) < 4.78 is 24.0. The molecule has 0 spiro atoms. The SMILES string of the molecule is Cc1cccc(C)c1OCc1cc(C(=O)N(C)Cc2ccc(F)cc2)no1. The molecule has 3 rings (SSSR count). The predicted molar refractivity (Wildman–Crippen MR) is 98.9 cm³/mol. The zero-order chi connectivity index (χ0) is 19.4. The van der Waals surface area contributed by atoms with E-state index < -0.39 is 0 Å². The molecule has 5 nitrogen and oxygen atoms in total. The number of para-hydroxylation sites is 1. The van der Waals surface area contributed by atoms with E-state index in [2.05, 4.69) is 5.16 Å². The highest BCUT2D eigenvalue weighted by Crippen LogP contribution is 2.23. The molecular formula is C21H21FN2O3. The summed E-state index contributed by atoms with van der Waals surface area (Å²) >= 11 is 0. The number of amides is 1. The van der Waals surface area contributed by atoms with E-state index in [1.807, 2.05) is 32.0 Å². The molecule has 0 N–H and O–H groups in total. The lowest BCUT2D eigenvalue weighted by Gasteiger charge is -2.15. The molecule has 1 aromatic heterocycles. The van der Waals surface area contributed by atoms with Gasteiger partial charge < -0.3 is 14.2 Å². The van der Waals surface area contributed by atoms with Crippen molar-refractivity contribution in [3.8, 4) is 5.75 Å². The molecule has 0 saturated carbocycles. The van der Waals surface area contributed by atoms with E-state index in [1.54, 1.807) is 25.2 Å². The zero-order valence-electron chi connectivity index (χ0n) is 15.5. The Bertz CT molecular complexity index is 915. The van der Waals surface area contributed by atoms with Gasteiger partial charge in [0, 0.05) is 19.7 Å². The lowest BCUT2D eigenvalue weighted by molar-refractivity contribution is 0.0774. The minimum Gasteiger partial charge on any atom is -0.485 e. The van der Waals surface area contributed by atoms with E-state index in [9.17, 15) is 9.18 Å². The molecule has 0 bridgehead atoms. The van der Waals surface area contributed by atoms with Crippen LogP contribution >= 0.6 is 0 Å². The van der Waals surface area contributed by atoms with Crippen LogP contribution in [0.5, 0.6) is 5.75 Å². The van der Waals surface area contributed by atoms with Gasteiger partial charge in [-0.2, -0.15) is 0 Å². The highest BCUT2D eigenvalue weighted by Gasteiger charge is 2.18. The molecule has 1 heterocycles. The molecule has 6 heteroatoms. The first-order chi connectivity index (χ1) is 12.9. The highest BCUT2D eigenvalue weighted by atomic mass is 19.1. The van der Waals surface area contributed by atoms with Crippen LogP contribution in [0, 0.1) is 19.7 Å². The van der Waals surface area contributed by atoms with Crippen molar-refractivity contribution < 1.29 is 18.4 Å². The Morgan fingerprint density at radius 2 is 1.81 bits per heavy atom. The topological polar surface area (TPSA) is 55.6 Å². The Balaban J connectivity index is 1.62. The van der Waals surface area contributed by atoms with Gasteiger partial charge in [0.05, 0.1) is 0 Å². The monoisotopic (exact) mass is 368 g/mol. The van der Waals surface area contributed by atoms with Gasteiger partial charge in [0.15, 0.2) is 11.5 Å². The summed E-state index contributed by atoms with van der Waals surface area (Å²) in [6, 6.07) is 13.5. The molecular weight excluding hydrogens is 347 g/mol. The molecule has 0 saturated heterocycles. The largest absolute Gasteiger partial charge is 0.485 e. The Morgan fingerprint density at radius 1 is 1.15 bits per heavy atom. The van der Waals surface area contributed by atoms with Crippen LogP contribution in [0.3, 0.4) is 0 Å². The van der Waals surface area contributed by atoms with Gasteiger partial charge in [-0.3, -0.25) is 4.79 Å². The summed E-state index contributed by atoms with van der Waals surface area (Å²) in [5.41, 5.74) is 3.10. The van der Waals surface area contributed by atoms with Crippen molar-refractivity contribution in [2.45, 2.75) is 27.0 Å². The van der Waals surface area contributed by atoms with Crippen LogP contribution in [-0.4, -0.2) is 23.0 Å². The summed E-state index contributed by atoms with van der Waals surface area (Å²) in [7, 11) is 1.66. The number of hydrogen-bond acceptors (Lipinski definition) is 4. The van der Waals surface area contributed by atoms with Crippen molar-refractivity contribution in [2.75, 3.05) is 7.05 Å². The molecule has 3 aromatic rings. The Kier molecular flexibility index (Phi) is 5.54. The number of carbonyl (C=O) groups excluding carboxylic acids is 1. The Labute approximate surface area is 157 Å². The molecule has 0 unspecified atom stereocenters. The maximum Gasteiger partial charge on any atom is 0.276 e. The van der Waals surface area contributed by atoms with Crippen LogP contribution in [0.25, 0.3) is 0 Å². The second-order valence-electron chi connectivity index (χ2n) is 6.48. The van der Waals surface area contributed by atoms with Gasteiger partial charge in [0.1, 0.15) is 18.2 Å².